The molecular weight excluding hydrogens is 260 g/mol. The molecule has 1 atom stereocenters. The van der Waals surface area contributed by atoms with Gasteiger partial charge in [0.1, 0.15) is 0 Å². The maximum absolute atomic E-state index is 11.7. The predicted molar refractivity (Wildman–Crippen MR) is 76.3 cm³/mol. The topological polar surface area (TPSA) is 42.0 Å². The van der Waals surface area contributed by atoms with Crippen molar-refractivity contribution in [1.82, 2.24) is 10.3 Å². The minimum absolute atomic E-state index is 0.0917. The molecule has 4 heteroatoms. The number of benzene rings is 1. The summed E-state index contributed by atoms with van der Waals surface area (Å²) in [6, 6.07) is 7.72. The molecular formula is C15H15ClN2O. The summed E-state index contributed by atoms with van der Waals surface area (Å²) in [5, 5.41) is 4.66. The zero-order valence-corrected chi connectivity index (χ0v) is 11.7. The zero-order chi connectivity index (χ0) is 13.6. The minimum Gasteiger partial charge on any atom is -0.351 e. The first-order chi connectivity index (χ1) is 8.99. The largest absolute Gasteiger partial charge is 0.351 e. The van der Waals surface area contributed by atoms with E-state index in [0.717, 1.165) is 16.5 Å². The van der Waals surface area contributed by atoms with Crippen LogP contribution >= 0.6 is 11.6 Å². The molecule has 1 aromatic carbocycles. The van der Waals surface area contributed by atoms with Gasteiger partial charge in [0.05, 0.1) is 5.52 Å². The number of amides is 1. The Morgan fingerprint density at radius 2 is 2.16 bits per heavy atom. The molecule has 1 aliphatic rings. The third-order valence-corrected chi connectivity index (χ3v) is 4.17. The van der Waals surface area contributed by atoms with E-state index < -0.39 is 0 Å². The lowest BCUT2D eigenvalue weighted by atomic mass is 9.82. The first-order valence-electron chi connectivity index (χ1n) is 6.33. The van der Waals surface area contributed by atoms with Crippen molar-refractivity contribution in [3.63, 3.8) is 0 Å². The van der Waals surface area contributed by atoms with E-state index in [-0.39, 0.29) is 17.4 Å². The number of carbonyl (C=O) groups is 1. The van der Waals surface area contributed by atoms with Gasteiger partial charge in [-0.3, -0.25) is 9.78 Å². The van der Waals surface area contributed by atoms with Gasteiger partial charge in [0.15, 0.2) is 0 Å². The van der Waals surface area contributed by atoms with Crippen LogP contribution in [-0.4, -0.2) is 16.4 Å². The van der Waals surface area contributed by atoms with E-state index in [1.54, 1.807) is 6.20 Å². The summed E-state index contributed by atoms with van der Waals surface area (Å²) in [6.45, 7) is 4.10. The summed E-state index contributed by atoms with van der Waals surface area (Å²) in [7, 11) is 0. The van der Waals surface area contributed by atoms with Gasteiger partial charge < -0.3 is 5.32 Å². The van der Waals surface area contributed by atoms with Gasteiger partial charge in [0.2, 0.25) is 5.91 Å². The van der Waals surface area contributed by atoms with Gasteiger partial charge in [-0.2, -0.15) is 0 Å². The maximum Gasteiger partial charge on any atom is 0.221 e. The van der Waals surface area contributed by atoms with Crippen LogP contribution in [-0.2, 0) is 4.79 Å². The Morgan fingerprint density at radius 3 is 2.84 bits per heavy atom. The lowest BCUT2D eigenvalue weighted by Crippen LogP contribution is -2.38. The molecule has 0 saturated carbocycles. The number of nitrogens with zero attached hydrogens (tertiary/aromatic N) is 1. The lowest BCUT2D eigenvalue weighted by molar-refractivity contribution is -0.119. The highest BCUT2D eigenvalue weighted by Crippen LogP contribution is 2.39. The van der Waals surface area contributed by atoms with Crippen molar-refractivity contribution in [2.45, 2.75) is 31.7 Å². The quantitative estimate of drug-likeness (QED) is 0.867. The van der Waals surface area contributed by atoms with Crippen molar-refractivity contribution in [3.05, 3.63) is 41.0 Å². The van der Waals surface area contributed by atoms with Gasteiger partial charge in [-0.25, -0.2) is 0 Å². The maximum atomic E-state index is 11.7. The molecule has 1 amide bonds. The molecule has 0 aliphatic carbocycles. The second-order valence-corrected chi connectivity index (χ2v) is 5.97. The Labute approximate surface area is 117 Å². The van der Waals surface area contributed by atoms with Crippen LogP contribution in [0.4, 0.5) is 0 Å². The van der Waals surface area contributed by atoms with Gasteiger partial charge in [-0.05, 0) is 37.6 Å². The SMILES string of the molecule is CC1(C)NC(=O)CC1c1ccc(Cl)c2cccnc12. The first kappa shape index (κ1) is 12.4. The predicted octanol–water partition coefficient (Wildman–Crippen LogP) is 3.27. The van der Waals surface area contributed by atoms with Crippen LogP contribution in [0, 0.1) is 0 Å². The van der Waals surface area contributed by atoms with E-state index >= 15 is 0 Å². The Hall–Kier alpha value is -1.61. The molecule has 1 saturated heterocycles. The lowest BCUT2D eigenvalue weighted by Gasteiger charge is -2.27. The average Bonchev–Trinajstić information content (AvgIpc) is 2.63. The van der Waals surface area contributed by atoms with E-state index in [0.29, 0.717) is 11.4 Å². The number of hydrogen-bond donors (Lipinski definition) is 1. The molecule has 1 fully saturated rings. The van der Waals surface area contributed by atoms with Crippen LogP contribution < -0.4 is 5.32 Å². The number of fused-ring (bicyclic) bond motifs is 1. The fraction of sp³-hybridized carbons (Fsp3) is 0.333. The van der Waals surface area contributed by atoms with Crippen molar-refractivity contribution >= 4 is 28.4 Å². The van der Waals surface area contributed by atoms with Crippen LogP contribution in [0.3, 0.4) is 0 Å². The first-order valence-corrected chi connectivity index (χ1v) is 6.71. The fourth-order valence-corrected chi connectivity index (χ4v) is 3.09. The van der Waals surface area contributed by atoms with E-state index in [9.17, 15) is 4.79 Å². The van der Waals surface area contributed by atoms with Crippen LogP contribution in [0.2, 0.25) is 5.02 Å². The van der Waals surface area contributed by atoms with Crippen LogP contribution in [0.15, 0.2) is 30.5 Å². The smallest absolute Gasteiger partial charge is 0.221 e. The molecule has 2 heterocycles. The number of pyridine rings is 1. The number of nitrogens with one attached hydrogen (secondary N) is 1. The number of aromatic nitrogens is 1. The second-order valence-electron chi connectivity index (χ2n) is 5.56. The highest BCUT2D eigenvalue weighted by Gasteiger charge is 2.40. The summed E-state index contributed by atoms with van der Waals surface area (Å²) in [5.41, 5.74) is 1.72. The molecule has 19 heavy (non-hydrogen) atoms. The molecule has 98 valence electrons. The second kappa shape index (κ2) is 4.20. The third kappa shape index (κ3) is 1.98. The normalized spacial score (nSPS) is 21.6. The van der Waals surface area contributed by atoms with E-state index in [4.69, 9.17) is 11.6 Å². The third-order valence-electron chi connectivity index (χ3n) is 3.85. The van der Waals surface area contributed by atoms with Gasteiger partial charge >= 0.3 is 0 Å². The fourth-order valence-electron chi connectivity index (χ4n) is 2.88. The van der Waals surface area contributed by atoms with Crippen molar-refractivity contribution in [1.29, 1.82) is 0 Å². The Bertz CT molecular complexity index is 666. The summed E-state index contributed by atoms with van der Waals surface area (Å²) in [5.74, 6) is 0.212. The molecule has 1 N–H and O–H groups in total. The molecule has 1 aliphatic heterocycles. The Morgan fingerprint density at radius 1 is 1.37 bits per heavy atom. The minimum atomic E-state index is -0.255. The Kier molecular flexibility index (Phi) is 2.75. The van der Waals surface area contributed by atoms with Crippen molar-refractivity contribution in [2.75, 3.05) is 0 Å². The molecule has 1 unspecified atom stereocenters. The molecule has 0 bridgehead atoms. The van der Waals surface area contributed by atoms with Crippen LogP contribution in [0.5, 0.6) is 0 Å². The van der Waals surface area contributed by atoms with Gasteiger partial charge in [-0.1, -0.05) is 17.7 Å². The highest BCUT2D eigenvalue weighted by atomic mass is 35.5. The molecule has 0 radical (unpaired) electrons. The monoisotopic (exact) mass is 274 g/mol. The standard InChI is InChI=1S/C15H15ClN2O/c1-15(2)11(8-13(19)18-15)9-5-6-12(16)10-4-3-7-17-14(9)10/h3-7,11H,8H2,1-2H3,(H,18,19). The molecule has 1 aromatic heterocycles. The highest BCUT2D eigenvalue weighted by molar-refractivity contribution is 6.35. The van der Waals surface area contributed by atoms with Gasteiger partial charge in [-0.15, -0.1) is 0 Å². The zero-order valence-electron chi connectivity index (χ0n) is 10.9. The van der Waals surface area contributed by atoms with Crippen LogP contribution in [0.25, 0.3) is 10.9 Å². The van der Waals surface area contributed by atoms with Gasteiger partial charge in [0, 0.05) is 34.5 Å². The summed E-state index contributed by atoms with van der Waals surface area (Å²) in [4.78, 5) is 16.1. The van der Waals surface area contributed by atoms with Crippen molar-refractivity contribution in [2.24, 2.45) is 0 Å². The van der Waals surface area contributed by atoms with Gasteiger partial charge in [0.25, 0.3) is 0 Å². The summed E-state index contributed by atoms with van der Waals surface area (Å²) >= 11 is 6.21. The molecule has 3 rings (SSSR count). The van der Waals surface area contributed by atoms with E-state index in [2.05, 4.69) is 10.3 Å². The number of hydrogen-bond acceptors (Lipinski definition) is 2. The Balaban J connectivity index is 2.21. The van der Waals surface area contributed by atoms with Crippen molar-refractivity contribution in [3.8, 4) is 0 Å². The van der Waals surface area contributed by atoms with Crippen LogP contribution in [0.1, 0.15) is 31.7 Å². The van der Waals surface area contributed by atoms with E-state index in [1.807, 2.05) is 38.1 Å². The van der Waals surface area contributed by atoms with Crippen molar-refractivity contribution < 1.29 is 4.79 Å². The summed E-state index contributed by atoms with van der Waals surface area (Å²) < 4.78 is 0. The number of halogens is 1. The molecule has 2 aromatic rings. The number of carbonyl (C=O) groups excluding carboxylic acids is 1. The average molecular weight is 275 g/mol. The number of rotatable bonds is 1. The van der Waals surface area contributed by atoms with E-state index in [1.165, 1.54) is 0 Å². The summed E-state index contributed by atoms with van der Waals surface area (Å²) in [6.07, 6.45) is 2.26. The molecule has 0 spiro atoms. The molecule has 3 nitrogen and oxygen atoms in total.